The van der Waals surface area contributed by atoms with Gasteiger partial charge in [-0.05, 0) is 38.3 Å². The zero-order valence-electron chi connectivity index (χ0n) is 10.2. The molecule has 0 saturated carbocycles. The van der Waals surface area contributed by atoms with Crippen LogP contribution in [0.1, 0.15) is 44.8 Å². The molecular weight excluding hydrogens is 198 g/mol. The standard InChI is InChI=1S/C13H21N3/c1-3-12(14)13-7-6-11(9-15-13)16-8-4-5-10(16)2/h6-7,9-10,12H,3-5,8,14H2,1-2H3/t10?,12-/m1/s1. The maximum absolute atomic E-state index is 5.95. The highest BCUT2D eigenvalue weighted by Crippen LogP contribution is 2.25. The summed E-state index contributed by atoms with van der Waals surface area (Å²) in [5.74, 6) is 0. The maximum atomic E-state index is 5.95. The lowest BCUT2D eigenvalue weighted by molar-refractivity contribution is 0.673. The highest BCUT2D eigenvalue weighted by atomic mass is 15.2. The van der Waals surface area contributed by atoms with E-state index in [1.165, 1.54) is 18.5 Å². The van der Waals surface area contributed by atoms with Crippen molar-refractivity contribution in [2.75, 3.05) is 11.4 Å². The van der Waals surface area contributed by atoms with Crippen molar-refractivity contribution in [3.05, 3.63) is 24.0 Å². The van der Waals surface area contributed by atoms with Gasteiger partial charge in [-0.1, -0.05) is 6.92 Å². The lowest BCUT2D eigenvalue weighted by Crippen LogP contribution is -2.26. The van der Waals surface area contributed by atoms with E-state index in [0.29, 0.717) is 6.04 Å². The van der Waals surface area contributed by atoms with E-state index < -0.39 is 0 Å². The van der Waals surface area contributed by atoms with Crippen LogP contribution in [-0.4, -0.2) is 17.6 Å². The molecule has 0 bridgehead atoms. The van der Waals surface area contributed by atoms with Crippen LogP contribution in [0.2, 0.25) is 0 Å². The van der Waals surface area contributed by atoms with Crippen LogP contribution < -0.4 is 10.6 Å². The number of pyridine rings is 1. The second-order valence-corrected chi connectivity index (χ2v) is 4.64. The van der Waals surface area contributed by atoms with Crippen molar-refractivity contribution in [3.8, 4) is 0 Å². The number of rotatable bonds is 3. The number of hydrogen-bond donors (Lipinski definition) is 1. The van der Waals surface area contributed by atoms with Crippen LogP contribution in [0.25, 0.3) is 0 Å². The fraction of sp³-hybridized carbons (Fsp3) is 0.615. The van der Waals surface area contributed by atoms with Gasteiger partial charge in [0.25, 0.3) is 0 Å². The zero-order valence-corrected chi connectivity index (χ0v) is 10.2. The van der Waals surface area contributed by atoms with E-state index >= 15 is 0 Å². The van der Waals surface area contributed by atoms with Crippen LogP contribution in [0.15, 0.2) is 18.3 Å². The average molecular weight is 219 g/mol. The van der Waals surface area contributed by atoms with Crippen LogP contribution >= 0.6 is 0 Å². The fourth-order valence-corrected chi connectivity index (χ4v) is 2.31. The summed E-state index contributed by atoms with van der Waals surface area (Å²) < 4.78 is 0. The molecule has 3 heteroatoms. The van der Waals surface area contributed by atoms with E-state index in [0.717, 1.165) is 18.7 Å². The third kappa shape index (κ3) is 2.19. The predicted octanol–water partition coefficient (Wildman–Crippen LogP) is 2.48. The van der Waals surface area contributed by atoms with E-state index in [-0.39, 0.29) is 6.04 Å². The van der Waals surface area contributed by atoms with Gasteiger partial charge in [-0.25, -0.2) is 0 Å². The van der Waals surface area contributed by atoms with Crippen molar-refractivity contribution in [3.63, 3.8) is 0 Å². The fourth-order valence-electron chi connectivity index (χ4n) is 2.31. The Hall–Kier alpha value is -1.09. The molecule has 88 valence electrons. The third-order valence-electron chi connectivity index (χ3n) is 3.48. The monoisotopic (exact) mass is 219 g/mol. The van der Waals surface area contributed by atoms with Crippen LogP contribution in [0, 0.1) is 0 Å². The van der Waals surface area contributed by atoms with Gasteiger partial charge in [-0.15, -0.1) is 0 Å². The van der Waals surface area contributed by atoms with E-state index in [1.54, 1.807) is 0 Å². The SMILES string of the molecule is CC[C@@H](N)c1ccc(N2CCCC2C)cn1. The van der Waals surface area contributed by atoms with Crippen molar-refractivity contribution in [1.29, 1.82) is 0 Å². The van der Waals surface area contributed by atoms with Crippen LogP contribution in [0.4, 0.5) is 5.69 Å². The van der Waals surface area contributed by atoms with Crippen LogP contribution in [-0.2, 0) is 0 Å². The van der Waals surface area contributed by atoms with Crippen molar-refractivity contribution < 1.29 is 0 Å². The number of aromatic nitrogens is 1. The molecule has 3 nitrogen and oxygen atoms in total. The maximum Gasteiger partial charge on any atom is 0.0572 e. The Labute approximate surface area is 97.7 Å². The number of hydrogen-bond acceptors (Lipinski definition) is 3. The first kappa shape index (κ1) is 11.4. The Balaban J connectivity index is 2.12. The molecule has 1 unspecified atom stereocenters. The molecule has 2 atom stereocenters. The molecule has 0 amide bonds. The van der Waals surface area contributed by atoms with Gasteiger partial charge in [-0.2, -0.15) is 0 Å². The van der Waals surface area contributed by atoms with Gasteiger partial charge >= 0.3 is 0 Å². The lowest BCUT2D eigenvalue weighted by Gasteiger charge is -2.23. The largest absolute Gasteiger partial charge is 0.368 e. The smallest absolute Gasteiger partial charge is 0.0572 e. The first-order valence-electron chi connectivity index (χ1n) is 6.20. The van der Waals surface area contributed by atoms with Gasteiger partial charge in [0.2, 0.25) is 0 Å². The minimum Gasteiger partial charge on any atom is -0.368 e. The molecule has 2 heterocycles. The highest BCUT2D eigenvalue weighted by molar-refractivity contribution is 5.46. The van der Waals surface area contributed by atoms with Gasteiger partial charge in [0.05, 0.1) is 17.6 Å². The number of nitrogens with zero attached hydrogens (tertiary/aromatic N) is 2. The number of anilines is 1. The lowest BCUT2D eigenvalue weighted by atomic mass is 10.1. The Morgan fingerprint density at radius 3 is 2.88 bits per heavy atom. The molecule has 1 aromatic heterocycles. The van der Waals surface area contributed by atoms with E-state index in [1.807, 2.05) is 6.20 Å². The zero-order chi connectivity index (χ0) is 11.5. The summed E-state index contributed by atoms with van der Waals surface area (Å²) in [6.45, 7) is 5.52. The summed E-state index contributed by atoms with van der Waals surface area (Å²) in [6.07, 6.45) is 5.48. The average Bonchev–Trinajstić information content (AvgIpc) is 2.75. The van der Waals surface area contributed by atoms with Crippen molar-refractivity contribution in [2.24, 2.45) is 5.73 Å². The molecule has 2 N–H and O–H groups in total. The van der Waals surface area contributed by atoms with Gasteiger partial charge in [0, 0.05) is 18.6 Å². The van der Waals surface area contributed by atoms with Gasteiger partial charge in [-0.3, -0.25) is 4.98 Å². The van der Waals surface area contributed by atoms with Crippen LogP contribution in [0.3, 0.4) is 0 Å². The van der Waals surface area contributed by atoms with E-state index in [2.05, 4.69) is 35.9 Å². The third-order valence-corrected chi connectivity index (χ3v) is 3.48. The predicted molar refractivity (Wildman–Crippen MR) is 67.5 cm³/mol. The van der Waals surface area contributed by atoms with E-state index in [4.69, 9.17) is 5.73 Å². The molecule has 16 heavy (non-hydrogen) atoms. The van der Waals surface area contributed by atoms with Crippen molar-refractivity contribution >= 4 is 5.69 Å². The van der Waals surface area contributed by atoms with Crippen molar-refractivity contribution in [1.82, 2.24) is 4.98 Å². The van der Waals surface area contributed by atoms with Gasteiger partial charge < -0.3 is 10.6 Å². The minimum absolute atomic E-state index is 0.0741. The number of nitrogens with two attached hydrogens (primary N) is 1. The summed E-state index contributed by atoms with van der Waals surface area (Å²) in [6, 6.07) is 4.94. The Morgan fingerprint density at radius 2 is 2.38 bits per heavy atom. The second-order valence-electron chi connectivity index (χ2n) is 4.64. The van der Waals surface area contributed by atoms with Crippen molar-refractivity contribution in [2.45, 2.75) is 45.2 Å². The normalized spacial score (nSPS) is 22.4. The first-order chi connectivity index (χ1) is 7.72. The van der Waals surface area contributed by atoms with E-state index in [9.17, 15) is 0 Å². The molecule has 0 spiro atoms. The second kappa shape index (κ2) is 4.83. The summed E-state index contributed by atoms with van der Waals surface area (Å²) in [5, 5.41) is 0. The Morgan fingerprint density at radius 1 is 1.56 bits per heavy atom. The molecule has 1 fully saturated rings. The Bertz CT molecular complexity index is 334. The van der Waals surface area contributed by atoms with Gasteiger partial charge in [0.15, 0.2) is 0 Å². The molecule has 1 aliphatic heterocycles. The summed E-state index contributed by atoms with van der Waals surface area (Å²) in [4.78, 5) is 6.89. The molecule has 0 radical (unpaired) electrons. The minimum atomic E-state index is 0.0741. The highest BCUT2D eigenvalue weighted by Gasteiger charge is 2.20. The molecule has 0 aliphatic carbocycles. The molecule has 0 aromatic carbocycles. The molecule has 1 aliphatic rings. The molecular formula is C13H21N3. The summed E-state index contributed by atoms with van der Waals surface area (Å²) >= 11 is 0. The summed E-state index contributed by atoms with van der Waals surface area (Å²) in [7, 11) is 0. The quantitative estimate of drug-likeness (QED) is 0.849. The van der Waals surface area contributed by atoms with Crippen LogP contribution in [0.5, 0.6) is 0 Å². The summed E-state index contributed by atoms with van der Waals surface area (Å²) in [5.41, 5.74) is 8.18. The molecule has 1 aromatic rings. The first-order valence-corrected chi connectivity index (χ1v) is 6.20. The molecule has 2 rings (SSSR count). The van der Waals surface area contributed by atoms with Gasteiger partial charge in [0.1, 0.15) is 0 Å². The molecule has 1 saturated heterocycles. The Kier molecular flexibility index (Phi) is 3.44. The topological polar surface area (TPSA) is 42.1 Å².